The van der Waals surface area contributed by atoms with E-state index in [0.29, 0.717) is 42.4 Å². The van der Waals surface area contributed by atoms with Crippen LogP contribution in [0.5, 0.6) is 5.75 Å². The van der Waals surface area contributed by atoms with E-state index in [1.165, 1.54) is 6.26 Å². The van der Waals surface area contributed by atoms with Crippen molar-refractivity contribution in [2.24, 2.45) is 5.41 Å². The second kappa shape index (κ2) is 9.66. The Morgan fingerprint density at radius 3 is 2.43 bits per heavy atom. The minimum absolute atomic E-state index is 0.0948. The normalized spacial score (nSPS) is 18.1. The molecule has 1 N–H and O–H groups in total. The lowest BCUT2D eigenvalue weighted by Crippen LogP contribution is -2.47. The van der Waals surface area contributed by atoms with Crippen LogP contribution in [0.3, 0.4) is 0 Å². The molecule has 0 radical (unpaired) electrons. The van der Waals surface area contributed by atoms with Crippen molar-refractivity contribution in [3.8, 4) is 5.75 Å². The Balaban J connectivity index is 1.38. The quantitative estimate of drug-likeness (QED) is 0.649. The Bertz CT molecular complexity index is 1210. The van der Waals surface area contributed by atoms with E-state index in [1.807, 2.05) is 20.8 Å². The van der Waals surface area contributed by atoms with Crippen LogP contribution >= 0.6 is 0 Å². The van der Waals surface area contributed by atoms with Crippen molar-refractivity contribution in [2.45, 2.75) is 44.9 Å². The molecule has 0 unspecified atom stereocenters. The van der Waals surface area contributed by atoms with Gasteiger partial charge in [0.15, 0.2) is 5.76 Å². The summed E-state index contributed by atoms with van der Waals surface area (Å²) < 4.78 is 39.3. The standard InChI is InChI=1S/C25H33N3O6S/c1-17-14-21(33-4)18(2)19(3)23(17)35(31,32)28-12-9-25(16-28)7-10-27(11-8-25)22(29)15-26-24(30)20-6-5-13-34-20/h5-6,13-14H,7-12,15-16H2,1-4H3,(H,26,30). The molecule has 2 amide bonds. The maximum atomic E-state index is 13.6. The molecule has 0 saturated carbocycles. The van der Waals surface area contributed by atoms with Crippen molar-refractivity contribution in [3.63, 3.8) is 0 Å². The molecular formula is C25H33N3O6S. The monoisotopic (exact) mass is 503 g/mol. The van der Waals surface area contributed by atoms with Gasteiger partial charge in [-0.05, 0) is 80.3 Å². The summed E-state index contributed by atoms with van der Waals surface area (Å²) in [6.07, 6.45) is 3.65. The van der Waals surface area contributed by atoms with E-state index in [9.17, 15) is 18.0 Å². The van der Waals surface area contributed by atoms with Gasteiger partial charge < -0.3 is 19.4 Å². The number of benzene rings is 1. The highest BCUT2D eigenvalue weighted by Crippen LogP contribution is 2.43. The highest BCUT2D eigenvalue weighted by molar-refractivity contribution is 7.89. The summed E-state index contributed by atoms with van der Waals surface area (Å²) in [7, 11) is -2.06. The molecule has 10 heteroatoms. The number of methoxy groups -OCH3 is 1. The minimum Gasteiger partial charge on any atom is -0.496 e. The van der Waals surface area contributed by atoms with Gasteiger partial charge in [0.05, 0.1) is 24.8 Å². The predicted octanol–water partition coefficient (Wildman–Crippen LogP) is 2.65. The van der Waals surface area contributed by atoms with Gasteiger partial charge in [-0.25, -0.2) is 8.42 Å². The molecule has 35 heavy (non-hydrogen) atoms. The van der Waals surface area contributed by atoms with Crippen molar-refractivity contribution in [1.29, 1.82) is 0 Å². The maximum Gasteiger partial charge on any atom is 0.287 e. The smallest absolute Gasteiger partial charge is 0.287 e. The molecule has 4 rings (SSSR count). The molecule has 190 valence electrons. The zero-order chi connectivity index (χ0) is 25.4. The largest absolute Gasteiger partial charge is 0.496 e. The van der Waals surface area contributed by atoms with Crippen LogP contribution in [-0.4, -0.2) is 69.3 Å². The maximum absolute atomic E-state index is 13.6. The van der Waals surface area contributed by atoms with Crippen LogP contribution in [-0.2, 0) is 14.8 Å². The number of nitrogens with zero attached hydrogens (tertiary/aromatic N) is 2. The number of nitrogens with one attached hydrogen (secondary N) is 1. The first-order chi connectivity index (χ1) is 16.6. The van der Waals surface area contributed by atoms with Gasteiger partial charge in [0.2, 0.25) is 15.9 Å². The summed E-state index contributed by atoms with van der Waals surface area (Å²) >= 11 is 0. The molecule has 2 aliphatic rings. The molecule has 0 atom stereocenters. The highest BCUT2D eigenvalue weighted by Gasteiger charge is 2.45. The summed E-state index contributed by atoms with van der Waals surface area (Å²) in [5.74, 6) is 0.282. The van der Waals surface area contributed by atoms with Gasteiger partial charge in [-0.3, -0.25) is 9.59 Å². The van der Waals surface area contributed by atoms with Crippen LogP contribution < -0.4 is 10.1 Å². The summed E-state index contributed by atoms with van der Waals surface area (Å²) in [5, 5.41) is 2.59. The van der Waals surface area contributed by atoms with E-state index >= 15 is 0 Å². The summed E-state index contributed by atoms with van der Waals surface area (Å²) in [4.78, 5) is 26.7. The molecule has 0 aliphatic carbocycles. The summed E-state index contributed by atoms with van der Waals surface area (Å²) in [6.45, 7) is 7.44. The molecule has 3 heterocycles. The van der Waals surface area contributed by atoms with E-state index < -0.39 is 15.9 Å². The van der Waals surface area contributed by atoms with Crippen LogP contribution in [0.15, 0.2) is 33.8 Å². The SMILES string of the molecule is COc1cc(C)c(S(=O)(=O)N2CCC3(CCN(C(=O)CNC(=O)c4ccco4)CC3)C2)c(C)c1C. The fraction of sp³-hybridized carbons (Fsp3) is 0.520. The van der Waals surface area contributed by atoms with Gasteiger partial charge in [-0.1, -0.05) is 0 Å². The molecule has 0 bridgehead atoms. The van der Waals surface area contributed by atoms with E-state index in [2.05, 4.69) is 5.32 Å². The Morgan fingerprint density at radius 1 is 1.11 bits per heavy atom. The van der Waals surface area contributed by atoms with Crippen LogP contribution in [0, 0.1) is 26.2 Å². The third-order valence-electron chi connectivity index (χ3n) is 7.52. The number of hydrogen-bond donors (Lipinski definition) is 1. The fourth-order valence-electron chi connectivity index (χ4n) is 5.26. The second-order valence-electron chi connectivity index (χ2n) is 9.60. The average molecular weight is 504 g/mol. The average Bonchev–Trinajstić information content (AvgIpc) is 3.51. The lowest BCUT2D eigenvalue weighted by atomic mass is 9.78. The number of carbonyl (C=O) groups excluding carboxylic acids is 2. The van der Waals surface area contributed by atoms with Gasteiger partial charge in [0, 0.05) is 26.2 Å². The predicted molar refractivity (Wildman–Crippen MR) is 130 cm³/mol. The fourth-order valence-corrected chi connectivity index (χ4v) is 7.30. The number of likely N-dealkylation sites (tertiary alicyclic amines) is 1. The molecule has 2 aliphatic heterocycles. The van der Waals surface area contributed by atoms with Crippen LogP contribution in [0.25, 0.3) is 0 Å². The third-order valence-corrected chi connectivity index (χ3v) is 9.66. The summed E-state index contributed by atoms with van der Waals surface area (Å²) in [6, 6.07) is 4.95. The van der Waals surface area contributed by atoms with E-state index in [4.69, 9.17) is 9.15 Å². The Hall–Kier alpha value is -2.85. The molecule has 2 fully saturated rings. The number of piperidine rings is 1. The number of amides is 2. The van der Waals surface area contributed by atoms with Gasteiger partial charge in [0.1, 0.15) is 5.75 Å². The lowest BCUT2D eigenvalue weighted by Gasteiger charge is -2.39. The molecular weight excluding hydrogens is 470 g/mol. The number of carbonyl (C=O) groups is 2. The number of rotatable bonds is 6. The van der Waals surface area contributed by atoms with Gasteiger partial charge in [-0.2, -0.15) is 4.31 Å². The number of sulfonamides is 1. The molecule has 2 aromatic rings. The van der Waals surface area contributed by atoms with Crippen molar-refractivity contribution < 1.29 is 27.2 Å². The zero-order valence-corrected chi connectivity index (χ0v) is 21.5. The van der Waals surface area contributed by atoms with Crippen LogP contribution in [0.2, 0.25) is 0 Å². The number of aryl methyl sites for hydroxylation is 1. The molecule has 1 aromatic carbocycles. The van der Waals surface area contributed by atoms with E-state index in [0.717, 1.165) is 30.4 Å². The van der Waals surface area contributed by atoms with Crippen molar-refractivity contribution in [2.75, 3.05) is 39.8 Å². The summed E-state index contributed by atoms with van der Waals surface area (Å²) in [5.41, 5.74) is 2.10. The number of hydrogen-bond acceptors (Lipinski definition) is 6. The first kappa shape index (κ1) is 25.2. The van der Waals surface area contributed by atoms with E-state index in [-0.39, 0.29) is 23.6 Å². The van der Waals surface area contributed by atoms with Gasteiger partial charge >= 0.3 is 0 Å². The lowest BCUT2D eigenvalue weighted by molar-refractivity contribution is -0.132. The Labute approximate surface area is 206 Å². The number of furan rings is 1. The van der Waals surface area contributed by atoms with Gasteiger partial charge in [0.25, 0.3) is 5.91 Å². The van der Waals surface area contributed by atoms with Crippen molar-refractivity contribution in [3.05, 3.63) is 46.9 Å². The van der Waals surface area contributed by atoms with Crippen LogP contribution in [0.1, 0.15) is 46.5 Å². The second-order valence-corrected chi connectivity index (χ2v) is 11.5. The Kier molecular flexibility index (Phi) is 6.97. The highest BCUT2D eigenvalue weighted by atomic mass is 32.2. The van der Waals surface area contributed by atoms with Crippen LogP contribution in [0.4, 0.5) is 0 Å². The molecule has 2 saturated heterocycles. The van der Waals surface area contributed by atoms with Crippen molar-refractivity contribution in [1.82, 2.24) is 14.5 Å². The molecule has 9 nitrogen and oxygen atoms in total. The number of ether oxygens (including phenoxy) is 1. The van der Waals surface area contributed by atoms with E-state index in [1.54, 1.807) is 34.5 Å². The minimum atomic E-state index is -3.65. The molecule has 1 aromatic heterocycles. The zero-order valence-electron chi connectivity index (χ0n) is 20.7. The Morgan fingerprint density at radius 2 is 1.80 bits per heavy atom. The van der Waals surface area contributed by atoms with Crippen molar-refractivity contribution >= 4 is 21.8 Å². The topological polar surface area (TPSA) is 109 Å². The first-order valence-electron chi connectivity index (χ1n) is 11.8. The first-order valence-corrected chi connectivity index (χ1v) is 13.3. The van der Waals surface area contributed by atoms with Gasteiger partial charge in [-0.15, -0.1) is 0 Å². The third kappa shape index (κ3) is 4.81. The molecule has 1 spiro atoms.